The van der Waals surface area contributed by atoms with Crippen LogP contribution in [0.4, 0.5) is 5.69 Å². The third-order valence-electron chi connectivity index (χ3n) is 5.64. The van der Waals surface area contributed by atoms with E-state index in [4.69, 9.17) is 4.74 Å². The van der Waals surface area contributed by atoms with Crippen molar-refractivity contribution in [2.45, 2.75) is 44.4 Å². The molecule has 0 aromatic heterocycles. The molecule has 1 atom stereocenters. The first-order chi connectivity index (χ1) is 13.8. The first kappa shape index (κ1) is 21.7. The van der Waals surface area contributed by atoms with Gasteiger partial charge in [-0.3, -0.25) is 4.99 Å². The monoisotopic (exact) mass is 506 g/mol. The number of benzene rings is 2. The molecule has 2 aromatic carbocycles. The summed E-state index contributed by atoms with van der Waals surface area (Å²) in [6.45, 7) is 2.76. The number of rotatable bonds is 6. The number of nitrogens with one attached hydrogen (secondary N) is 2. The van der Waals surface area contributed by atoms with Crippen molar-refractivity contribution in [2.24, 2.45) is 4.99 Å². The number of hydrogen-bond acceptors (Lipinski definition) is 3. The van der Waals surface area contributed by atoms with Crippen LogP contribution in [0.1, 0.15) is 31.2 Å². The lowest BCUT2D eigenvalue weighted by Gasteiger charge is -2.27. The smallest absolute Gasteiger partial charge is 0.191 e. The molecule has 1 saturated carbocycles. The molecule has 1 aliphatic carbocycles. The molecule has 0 radical (unpaired) electrons. The Morgan fingerprint density at radius 3 is 2.55 bits per heavy atom. The Kier molecular flexibility index (Phi) is 8.03. The van der Waals surface area contributed by atoms with E-state index in [0.29, 0.717) is 18.7 Å². The maximum Gasteiger partial charge on any atom is 0.191 e. The van der Waals surface area contributed by atoms with E-state index >= 15 is 0 Å². The standard InChI is InChI=1S/C23H30N4O.HI/c1-24-23(26-19-14-15-27(17-19)20-9-3-2-4-10-20)25-16-18-8-5-6-13-22(18)28-21-11-7-12-21;/h2-6,8-10,13,19,21H,7,11-12,14-17H2,1H3,(H2,24,25,26);1H. The Bertz CT molecular complexity index is 794. The lowest BCUT2D eigenvalue weighted by Crippen LogP contribution is -2.44. The molecule has 1 aliphatic heterocycles. The third-order valence-corrected chi connectivity index (χ3v) is 5.64. The summed E-state index contributed by atoms with van der Waals surface area (Å²) in [7, 11) is 1.83. The minimum atomic E-state index is 0. The molecule has 0 amide bonds. The minimum absolute atomic E-state index is 0. The summed E-state index contributed by atoms with van der Waals surface area (Å²) < 4.78 is 6.14. The van der Waals surface area contributed by atoms with Crippen LogP contribution >= 0.6 is 24.0 Å². The molecular formula is C23H31IN4O. The lowest BCUT2D eigenvalue weighted by atomic mass is 9.96. The maximum absolute atomic E-state index is 6.14. The zero-order valence-electron chi connectivity index (χ0n) is 17.0. The highest BCUT2D eigenvalue weighted by Gasteiger charge is 2.23. The van der Waals surface area contributed by atoms with Crippen molar-refractivity contribution in [1.82, 2.24) is 10.6 Å². The summed E-state index contributed by atoms with van der Waals surface area (Å²) >= 11 is 0. The van der Waals surface area contributed by atoms with Crippen LogP contribution in [0.2, 0.25) is 0 Å². The van der Waals surface area contributed by atoms with E-state index in [1.54, 1.807) is 0 Å². The molecule has 0 bridgehead atoms. The predicted molar refractivity (Wildman–Crippen MR) is 131 cm³/mol. The lowest BCUT2D eigenvalue weighted by molar-refractivity contribution is 0.119. The number of aliphatic imine (C=N–C) groups is 1. The van der Waals surface area contributed by atoms with E-state index in [-0.39, 0.29) is 24.0 Å². The zero-order chi connectivity index (χ0) is 19.2. The second-order valence-electron chi connectivity index (χ2n) is 7.62. The summed E-state index contributed by atoms with van der Waals surface area (Å²) in [5, 5.41) is 7.03. The Hall–Kier alpha value is -1.96. The van der Waals surface area contributed by atoms with Gasteiger partial charge in [-0.2, -0.15) is 0 Å². The number of guanidine groups is 1. The third kappa shape index (κ3) is 5.78. The van der Waals surface area contributed by atoms with Gasteiger partial charge < -0.3 is 20.3 Å². The Balaban J connectivity index is 0.00000240. The van der Waals surface area contributed by atoms with Crippen LogP contribution in [0.15, 0.2) is 59.6 Å². The van der Waals surface area contributed by atoms with Crippen molar-refractivity contribution in [3.05, 3.63) is 60.2 Å². The number of nitrogens with zero attached hydrogens (tertiary/aromatic N) is 2. The van der Waals surface area contributed by atoms with Crippen LogP contribution in [-0.2, 0) is 6.54 Å². The Morgan fingerprint density at radius 2 is 1.83 bits per heavy atom. The molecular weight excluding hydrogens is 475 g/mol. The molecule has 2 aliphatic rings. The highest BCUT2D eigenvalue weighted by atomic mass is 127. The van der Waals surface area contributed by atoms with Crippen LogP contribution in [0.25, 0.3) is 0 Å². The van der Waals surface area contributed by atoms with E-state index in [1.165, 1.54) is 30.5 Å². The van der Waals surface area contributed by atoms with Gasteiger partial charge in [-0.05, 0) is 43.9 Å². The maximum atomic E-state index is 6.14. The quantitative estimate of drug-likeness (QED) is 0.351. The van der Waals surface area contributed by atoms with Crippen molar-refractivity contribution in [3.8, 4) is 5.75 Å². The van der Waals surface area contributed by atoms with Gasteiger partial charge in [0.05, 0.1) is 6.10 Å². The first-order valence-corrected chi connectivity index (χ1v) is 10.3. The SMILES string of the molecule is CN=C(NCc1ccccc1OC1CCC1)NC1CCN(c2ccccc2)C1.I. The summed E-state index contributed by atoms with van der Waals surface area (Å²) in [4.78, 5) is 6.84. The molecule has 6 heteroatoms. The molecule has 29 heavy (non-hydrogen) atoms. The van der Waals surface area contributed by atoms with Gasteiger partial charge in [0.25, 0.3) is 0 Å². The number of anilines is 1. The van der Waals surface area contributed by atoms with E-state index < -0.39 is 0 Å². The Labute approximate surface area is 191 Å². The number of halogens is 1. The fraction of sp³-hybridized carbons (Fsp3) is 0.435. The second-order valence-corrected chi connectivity index (χ2v) is 7.62. The van der Waals surface area contributed by atoms with E-state index in [9.17, 15) is 0 Å². The summed E-state index contributed by atoms with van der Waals surface area (Å²) in [5.74, 6) is 1.84. The fourth-order valence-corrected chi connectivity index (χ4v) is 3.75. The topological polar surface area (TPSA) is 48.9 Å². The van der Waals surface area contributed by atoms with Crippen LogP contribution in [0, 0.1) is 0 Å². The van der Waals surface area contributed by atoms with Gasteiger partial charge >= 0.3 is 0 Å². The first-order valence-electron chi connectivity index (χ1n) is 10.3. The van der Waals surface area contributed by atoms with Crippen molar-refractivity contribution in [2.75, 3.05) is 25.0 Å². The van der Waals surface area contributed by atoms with Crippen molar-refractivity contribution in [1.29, 1.82) is 0 Å². The van der Waals surface area contributed by atoms with Gasteiger partial charge in [0.15, 0.2) is 5.96 Å². The van der Waals surface area contributed by atoms with Gasteiger partial charge in [0, 0.05) is 44.0 Å². The van der Waals surface area contributed by atoms with E-state index in [1.807, 2.05) is 13.1 Å². The molecule has 156 valence electrons. The number of hydrogen-bond donors (Lipinski definition) is 2. The van der Waals surface area contributed by atoms with E-state index in [0.717, 1.165) is 31.2 Å². The Morgan fingerprint density at radius 1 is 1.07 bits per heavy atom. The molecule has 4 rings (SSSR count). The molecule has 2 fully saturated rings. The van der Waals surface area contributed by atoms with Crippen LogP contribution in [-0.4, -0.2) is 38.2 Å². The molecule has 1 heterocycles. The molecule has 2 N–H and O–H groups in total. The van der Waals surface area contributed by atoms with Gasteiger partial charge in [-0.15, -0.1) is 24.0 Å². The largest absolute Gasteiger partial charge is 0.490 e. The number of ether oxygens (including phenoxy) is 1. The van der Waals surface area contributed by atoms with Gasteiger partial charge in [0.1, 0.15) is 5.75 Å². The predicted octanol–water partition coefficient (Wildman–Crippen LogP) is 4.18. The summed E-state index contributed by atoms with van der Waals surface area (Å²) in [6.07, 6.45) is 5.12. The van der Waals surface area contributed by atoms with Crippen LogP contribution in [0.3, 0.4) is 0 Å². The van der Waals surface area contributed by atoms with Crippen LogP contribution < -0.4 is 20.3 Å². The highest BCUT2D eigenvalue weighted by molar-refractivity contribution is 14.0. The zero-order valence-corrected chi connectivity index (χ0v) is 19.3. The summed E-state index contributed by atoms with van der Waals surface area (Å²) in [5.41, 5.74) is 2.46. The fourth-order valence-electron chi connectivity index (χ4n) is 3.75. The minimum Gasteiger partial charge on any atom is -0.490 e. The van der Waals surface area contributed by atoms with E-state index in [2.05, 4.69) is 69.1 Å². The number of para-hydroxylation sites is 2. The highest BCUT2D eigenvalue weighted by Crippen LogP contribution is 2.27. The average Bonchev–Trinajstić information content (AvgIpc) is 3.18. The van der Waals surface area contributed by atoms with Crippen molar-refractivity contribution < 1.29 is 4.74 Å². The molecule has 0 spiro atoms. The van der Waals surface area contributed by atoms with Gasteiger partial charge in [-0.1, -0.05) is 36.4 Å². The second kappa shape index (κ2) is 10.7. The summed E-state index contributed by atoms with van der Waals surface area (Å²) in [6, 6.07) is 19.3. The normalized spacial score (nSPS) is 19.3. The molecule has 1 saturated heterocycles. The van der Waals surface area contributed by atoms with Crippen LogP contribution in [0.5, 0.6) is 5.75 Å². The molecule has 5 nitrogen and oxygen atoms in total. The van der Waals surface area contributed by atoms with Gasteiger partial charge in [0.2, 0.25) is 0 Å². The van der Waals surface area contributed by atoms with Crippen molar-refractivity contribution >= 4 is 35.6 Å². The van der Waals surface area contributed by atoms with Gasteiger partial charge in [-0.25, -0.2) is 0 Å². The molecule has 2 aromatic rings. The molecule has 1 unspecified atom stereocenters. The van der Waals surface area contributed by atoms with Crippen molar-refractivity contribution in [3.63, 3.8) is 0 Å². The average molecular weight is 506 g/mol.